The standard InChI is InChI=1S/C8H10FNO.ClH/c1-11-8-3-2-7(9)4-6(8)5-10;/h2-4H,5,10H2,1H3;1H. The Balaban J connectivity index is 0.00000121. The Morgan fingerprint density at radius 1 is 1.50 bits per heavy atom. The van der Waals surface area contributed by atoms with Crippen molar-refractivity contribution in [1.29, 1.82) is 0 Å². The van der Waals surface area contributed by atoms with Crippen molar-refractivity contribution in [2.75, 3.05) is 7.11 Å². The van der Waals surface area contributed by atoms with Gasteiger partial charge in [-0.25, -0.2) is 4.39 Å². The minimum atomic E-state index is -0.286. The lowest BCUT2D eigenvalue weighted by atomic mass is 10.2. The maximum Gasteiger partial charge on any atom is 0.123 e. The van der Waals surface area contributed by atoms with E-state index in [1.807, 2.05) is 0 Å². The van der Waals surface area contributed by atoms with Gasteiger partial charge in [-0.1, -0.05) is 0 Å². The minimum Gasteiger partial charge on any atom is -0.496 e. The molecule has 1 aromatic rings. The molecular weight excluding hydrogens is 181 g/mol. The van der Waals surface area contributed by atoms with Gasteiger partial charge in [-0.3, -0.25) is 0 Å². The van der Waals surface area contributed by atoms with Gasteiger partial charge in [-0.15, -0.1) is 12.4 Å². The third kappa shape index (κ3) is 2.36. The third-order valence-corrected chi connectivity index (χ3v) is 1.46. The molecule has 0 aliphatic rings. The summed E-state index contributed by atoms with van der Waals surface area (Å²) in [6.45, 7) is 0.293. The SMILES string of the molecule is COc1ccc(F)cc1CN.Cl. The summed E-state index contributed by atoms with van der Waals surface area (Å²) >= 11 is 0. The van der Waals surface area contributed by atoms with Crippen LogP contribution in [0.4, 0.5) is 4.39 Å². The molecule has 0 aliphatic heterocycles. The molecule has 0 atom stereocenters. The summed E-state index contributed by atoms with van der Waals surface area (Å²) in [6, 6.07) is 4.29. The Kier molecular flexibility index (Phi) is 4.62. The molecule has 0 heterocycles. The Bertz CT molecular complexity index is 255. The van der Waals surface area contributed by atoms with E-state index in [1.165, 1.54) is 19.2 Å². The molecule has 0 unspecified atom stereocenters. The van der Waals surface area contributed by atoms with Gasteiger partial charge in [0.05, 0.1) is 7.11 Å². The predicted octanol–water partition coefficient (Wildman–Crippen LogP) is 1.71. The summed E-state index contributed by atoms with van der Waals surface area (Å²) in [5, 5.41) is 0. The van der Waals surface area contributed by atoms with E-state index in [0.29, 0.717) is 17.9 Å². The van der Waals surface area contributed by atoms with E-state index in [4.69, 9.17) is 10.5 Å². The van der Waals surface area contributed by atoms with E-state index < -0.39 is 0 Å². The highest BCUT2D eigenvalue weighted by Crippen LogP contribution is 2.17. The van der Waals surface area contributed by atoms with Gasteiger partial charge >= 0.3 is 0 Å². The molecule has 68 valence electrons. The Hall–Kier alpha value is -0.800. The molecule has 0 amide bonds. The molecule has 0 bridgehead atoms. The van der Waals surface area contributed by atoms with Gasteiger partial charge < -0.3 is 10.5 Å². The van der Waals surface area contributed by atoms with Crippen LogP contribution in [0, 0.1) is 5.82 Å². The lowest BCUT2D eigenvalue weighted by Gasteiger charge is -2.04. The first-order valence-electron chi connectivity index (χ1n) is 3.30. The maximum absolute atomic E-state index is 12.6. The smallest absolute Gasteiger partial charge is 0.123 e. The second-order valence-corrected chi connectivity index (χ2v) is 2.16. The van der Waals surface area contributed by atoms with E-state index in [1.54, 1.807) is 6.07 Å². The molecule has 2 N–H and O–H groups in total. The van der Waals surface area contributed by atoms with Crippen molar-refractivity contribution in [2.24, 2.45) is 5.73 Å². The van der Waals surface area contributed by atoms with Gasteiger partial charge in [0.1, 0.15) is 11.6 Å². The number of benzene rings is 1. The molecule has 1 aromatic carbocycles. The minimum absolute atomic E-state index is 0. The highest BCUT2D eigenvalue weighted by atomic mass is 35.5. The van der Waals surface area contributed by atoms with Crippen LogP contribution in [0.3, 0.4) is 0 Å². The molecule has 2 nitrogen and oxygen atoms in total. The fraction of sp³-hybridized carbons (Fsp3) is 0.250. The highest BCUT2D eigenvalue weighted by Gasteiger charge is 2.00. The van der Waals surface area contributed by atoms with Crippen LogP contribution in [0.2, 0.25) is 0 Å². The first-order valence-corrected chi connectivity index (χ1v) is 3.30. The second-order valence-electron chi connectivity index (χ2n) is 2.16. The van der Waals surface area contributed by atoms with Gasteiger partial charge in [-0.2, -0.15) is 0 Å². The van der Waals surface area contributed by atoms with Crippen LogP contribution in [-0.4, -0.2) is 7.11 Å². The second kappa shape index (κ2) is 4.95. The van der Waals surface area contributed by atoms with Crippen LogP contribution in [0.25, 0.3) is 0 Å². The summed E-state index contributed by atoms with van der Waals surface area (Å²) in [5.41, 5.74) is 6.04. The molecule has 12 heavy (non-hydrogen) atoms. The number of halogens is 2. The largest absolute Gasteiger partial charge is 0.496 e. The summed E-state index contributed by atoms with van der Waals surface area (Å²) in [5.74, 6) is 0.347. The van der Waals surface area contributed by atoms with Gasteiger partial charge in [0.2, 0.25) is 0 Å². The maximum atomic E-state index is 12.6. The first-order chi connectivity index (χ1) is 5.27. The zero-order valence-electron chi connectivity index (χ0n) is 6.71. The van der Waals surface area contributed by atoms with E-state index in [2.05, 4.69) is 0 Å². The Labute approximate surface area is 76.9 Å². The topological polar surface area (TPSA) is 35.2 Å². The van der Waals surface area contributed by atoms with E-state index in [9.17, 15) is 4.39 Å². The van der Waals surface area contributed by atoms with Crippen molar-refractivity contribution in [2.45, 2.75) is 6.54 Å². The number of rotatable bonds is 2. The average molecular weight is 192 g/mol. The first kappa shape index (κ1) is 11.2. The van der Waals surface area contributed by atoms with Crippen LogP contribution in [0.1, 0.15) is 5.56 Å². The van der Waals surface area contributed by atoms with Crippen molar-refractivity contribution in [3.8, 4) is 5.75 Å². The summed E-state index contributed by atoms with van der Waals surface area (Å²) in [7, 11) is 1.53. The van der Waals surface area contributed by atoms with Crippen molar-refractivity contribution in [3.63, 3.8) is 0 Å². The Morgan fingerprint density at radius 3 is 2.67 bits per heavy atom. The predicted molar refractivity (Wildman–Crippen MR) is 48.1 cm³/mol. The van der Waals surface area contributed by atoms with Crippen LogP contribution in [0.5, 0.6) is 5.75 Å². The number of hydrogen-bond acceptors (Lipinski definition) is 2. The van der Waals surface area contributed by atoms with Crippen LogP contribution in [-0.2, 0) is 6.54 Å². The van der Waals surface area contributed by atoms with Crippen LogP contribution >= 0.6 is 12.4 Å². The van der Waals surface area contributed by atoms with Crippen molar-refractivity contribution in [1.82, 2.24) is 0 Å². The number of hydrogen-bond donors (Lipinski definition) is 1. The van der Waals surface area contributed by atoms with Crippen molar-refractivity contribution in [3.05, 3.63) is 29.6 Å². The summed E-state index contributed by atoms with van der Waals surface area (Å²) < 4.78 is 17.5. The normalized spacial score (nSPS) is 8.92. The molecule has 1 rings (SSSR count). The van der Waals surface area contributed by atoms with Gasteiger partial charge in [-0.05, 0) is 18.2 Å². The monoisotopic (exact) mass is 191 g/mol. The average Bonchev–Trinajstić information content (AvgIpc) is 2.04. The summed E-state index contributed by atoms with van der Waals surface area (Å²) in [4.78, 5) is 0. The number of nitrogens with two attached hydrogens (primary N) is 1. The fourth-order valence-corrected chi connectivity index (χ4v) is 0.907. The van der Waals surface area contributed by atoms with Gasteiger partial charge in [0.15, 0.2) is 0 Å². The molecule has 0 aromatic heterocycles. The van der Waals surface area contributed by atoms with Gasteiger partial charge in [0.25, 0.3) is 0 Å². The lowest BCUT2D eigenvalue weighted by molar-refractivity contribution is 0.408. The number of ether oxygens (including phenoxy) is 1. The van der Waals surface area contributed by atoms with Crippen molar-refractivity contribution >= 4 is 12.4 Å². The van der Waals surface area contributed by atoms with Gasteiger partial charge in [0, 0.05) is 12.1 Å². The van der Waals surface area contributed by atoms with Crippen molar-refractivity contribution < 1.29 is 9.13 Å². The quantitative estimate of drug-likeness (QED) is 0.773. The number of methoxy groups -OCH3 is 1. The van der Waals surface area contributed by atoms with E-state index in [0.717, 1.165) is 0 Å². The molecular formula is C8H11ClFNO. The fourth-order valence-electron chi connectivity index (χ4n) is 0.907. The zero-order valence-corrected chi connectivity index (χ0v) is 7.53. The highest BCUT2D eigenvalue weighted by molar-refractivity contribution is 5.85. The third-order valence-electron chi connectivity index (χ3n) is 1.46. The zero-order chi connectivity index (χ0) is 8.27. The molecule has 0 radical (unpaired) electrons. The summed E-state index contributed by atoms with van der Waals surface area (Å²) in [6.07, 6.45) is 0. The van der Waals surface area contributed by atoms with Crippen LogP contribution in [0.15, 0.2) is 18.2 Å². The molecule has 0 saturated carbocycles. The lowest BCUT2D eigenvalue weighted by Crippen LogP contribution is -2.00. The molecule has 0 saturated heterocycles. The van der Waals surface area contributed by atoms with E-state index in [-0.39, 0.29) is 18.2 Å². The van der Waals surface area contributed by atoms with E-state index >= 15 is 0 Å². The Morgan fingerprint density at radius 2 is 2.17 bits per heavy atom. The molecule has 0 fully saturated rings. The molecule has 4 heteroatoms. The molecule has 0 spiro atoms. The van der Waals surface area contributed by atoms with Crippen LogP contribution < -0.4 is 10.5 Å². The molecule has 0 aliphatic carbocycles.